The summed E-state index contributed by atoms with van der Waals surface area (Å²) < 4.78 is 0. The largest absolute Gasteiger partial charge is 0.352 e. The van der Waals surface area contributed by atoms with Crippen molar-refractivity contribution in [2.24, 2.45) is 0 Å². The Hall–Kier alpha value is -1.42. The van der Waals surface area contributed by atoms with Gasteiger partial charge in [0.25, 0.3) is 0 Å². The summed E-state index contributed by atoms with van der Waals surface area (Å²) >= 11 is 0. The fourth-order valence-electron chi connectivity index (χ4n) is 1.56. The summed E-state index contributed by atoms with van der Waals surface area (Å²) in [6.07, 6.45) is 2.55. The molecule has 4 heteroatoms. The zero-order valence-electron chi connectivity index (χ0n) is 10.1. The SMILES string of the molecule is CNCC(=O)N[C@H](C)Cc1ncccc1C. The average Bonchev–Trinajstić information content (AvgIpc) is 2.21. The Morgan fingerprint density at radius 2 is 2.31 bits per heavy atom. The van der Waals surface area contributed by atoms with E-state index in [9.17, 15) is 4.79 Å². The van der Waals surface area contributed by atoms with Crippen molar-refractivity contribution >= 4 is 5.91 Å². The third-order valence-corrected chi connectivity index (χ3v) is 2.36. The fourth-order valence-corrected chi connectivity index (χ4v) is 1.56. The molecule has 1 atom stereocenters. The summed E-state index contributed by atoms with van der Waals surface area (Å²) in [6.45, 7) is 4.37. The highest BCUT2D eigenvalue weighted by molar-refractivity contribution is 5.78. The van der Waals surface area contributed by atoms with Crippen LogP contribution in [0.1, 0.15) is 18.2 Å². The smallest absolute Gasteiger partial charge is 0.234 e. The normalized spacial score (nSPS) is 12.2. The van der Waals surface area contributed by atoms with E-state index in [-0.39, 0.29) is 11.9 Å². The maximum atomic E-state index is 11.3. The summed E-state index contributed by atoms with van der Waals surface area (Å²) in [4.78, 5) is 15.6. The highest BCUT2D eigenvalue weighted by atomic mass is 16.1. The van der Waals surface area contributed by atoms with Crippen molar-refractivity contribution in [3.8, 4) is 0 Å². The molecule has 0 unspecified atom stereocenters. The molecule has 0 saturated heterocycles. The van der Waals surface area contributed by atoms with Crippen molar-refractivity contribution in [1.82, 2.24) is 15.6 Å². The van der Waals surface area contributed by atoms with Gasteiger partial charge in [-0.15, -0.1) is 0 Å². The first-order chi connectivity index (χ1) is 7.63. The number of likely N-dealkylation sites (N-methyl/N-ethyl adjacent to an activating group) is 1. The Kier molecular flexibility index (Phi) is 4.92. The van der Waals surface area contributed by atoms with Crippen molar-refractivity contribution in [2.75, 3.05) is 13.6 Å². The molecular weight excluding hydrogens is 202 g/mol. The summed E-state index contributed by atoms with van der Waals surface area (Å²) in [5.74, 6) is 0.0172. The molecule has 1 heterocycles. The second kappa shape index (κ2) is 6.23. The lowest BCUT2D eigenvalue weighted by Crippen LogP contribution is -2.39. The predicted molar refractivity (Wildman–Crippen MR) is 64.2 cm³/mol. The molecule has 1 aromatic heterocycles. The second-order valence-corrected chi connectivity index (χ2v) is 3.97. The molecule has 16 heavy (non-hydrogen) atoms. The van der Waals surface area contributed by atoms with E-state index >= 15 is 0 Å². The number of aryl methyl sites for hydroxylation is 1. The fraction of sp³-hybridized carbons (Fsp3) is 0.500. The minimum absolute atomic E-state index is 0.0172. The molecule has 2 N–H and O–H groups in total. The van der Waals surface area contributed by atoms with Crippen LogP contribution in [0.15, 0.2) is 18.3 Å². The third-order valence-electron chi connectivity index (χ3n) is 2.36. The highest BCUT2D eigenvalue weighted by Gasteiger charge is 2.09. The quantitative estimate of drug-likeness (QED) is 0.768. The van der Waals surface area contributed by atoms with Gasteiger partial charge in [0, 0.05) is 24.4 Å². The molecule has 1 aromatic rings. The van der Waals surface area contributed by atoms with Crippen molar-refractivity contribution in [3.05, 3.63) is 29.6 Å². The van der Waals surface area contributed by atoms with E-state index in [1.807, 2.05) is 26.0 Å². The van der Waals surface area contributed by atoms with Crippen LogP contribution >= 0.6 is 0 Å². The van der Waals surface area contributed by atoms with Crippen molar-refractivity contribution < 1.29 is 4.79 Å². The molecule has 88 valence electrons. The van der Waals surface area contributed by atoms with Crippen LogP contribution in [-0.2, 0) is 11.2 Å². The number of hydrogen-bond donors (Lipinski definition) is 2. The Balaban J connectivity index is 2.48. The second-order valence-electron chi connectivity index (χ2n) is 3.97. The maximum absolute atomic E-state index is 11.3. The lowest BCUT2D eigenvalue weighted by molar-refractivity contribution is -0.120. The standard InChI is InChI=1S/C12H19N3O/c1-9-5-4-6-14-11(9)7-10(2)15-12(16)8-13-3/h4-6,10,13H,7-8H2,1-3H3,(H,15,16)/t10-/m1/s1. The lowest BCUT2D eigenvalue weighted by atomic mass is 10.1. The van der Waals surface area contributed by atoms with E-state index in [0.717, 1.165) is 17.7 Å². The summed E-state index contributed by atoms with van der Waals surface area (Å²) in [5, 5.41) is 5.74. The number of aromatic nitrogens is 1. The van der Waals surface area contributed by atoms with E-state index in [1.54, 1.807) is 13.2 Å². The Labute approximate surface area is 96.5 Å². The number of carbonyl (C=O) groups excluding carboxylic acids is 1. The predicted octanol–water partition coefficient (Wildman–Crippen LogP) is 0.657. The van der Waals surface area contributed by atoms with Crippen LogP contribution in [0.3, 0.4) is 0 Å². The number of hydrogen-bond acceptors (Lipinski definition) is 3. The summed E-state index contributed by atoms with van der Waals surface area (Å²) in [5.41, 5.74) is 2.21. The topological polar surface area (TPSA) is 54.0 Å². The van der Waals surface area contributed by atoms with Crippen LogP contribution in [0.4, 0.5) is 0 Å². The van der Waals surface area contributed by atoms with Crippen LogP contribution in [-0.4, -0.2) is 30.5 Å². The van der Waals surface area contributed by atoms with Crippen LogP contribution < -0.4 is 10.6 Å². The minimum atomic E-state index is 0.0172. The lowest BCUT2D eigenvalue weighted by Gasteiger charge is -2.14. The molecule has 0 aliphatic carbocycles. The first-order valence-corrected chi connectivity index (χ1v) is 5.48. The minimum Gasteiger partial charge on any atom is -0.352 e. The zero-order chi connectivity index (χ0) is 12.0. The molecule has 0 aromatic carbocycles. The molecule has 0 saturated carbocycles. The van der Waals surface area contributed by atoms with E-state index in [1.165, 1.54) is 0 Å². The van der Waals surface area contributed by atoms with Crippen LogP contribution in [0.2, 0.25) is 0 Å². The number of rotatable bonds is 5. The van der Waals surface area contributed by atoms with Crippen LogP contribution in [0, 0.1) is 6.92 Å². The molecule has 0 fully saturated rings. The van der Waals surface area contributed by atoms with E-state index in [2.05, 4.69) is 15.6 Å². The molecule has 0 spiro atoms. The number of nitrogens with one attached hydrogen (secondary N) is 2. The number of nitrogens with zero attached hydrogens (tertiary/aromatic N) is 1. The summed E-state index contributed by atoms with van der Waals surface area (Å²) in [7, 11) is 1.76. The van der Waals surface area contributed by atoms with Gasteiger partial charge in [-0.25, -0.2) is 0 Å². The van der Waals surface area contributed by atoms with Gasteiger partial charge in [0.05, 0.1) is 6.54 Å². The molecule has 0 aliphatic heterocycles. The Morgan fingerprint density at radius 1 is 1.56 bits per heavy atom. The molecule has 0 radical (unpaired) electrons. The van der Waals surface area contributed by atoms with Crippen molar-refractivity contribution in [2.45, 2.75) is 26.3 Å². The van der Waals surface area contributed by atoms with Gasteiger partial charge in [0.2, 0.25) is 5.91 Å². The van der Waals surface area contributed by atoms with Gasteiger partial charge in [0.1, 0.15) is 0 Å². The van der Waals surface area contributed by atoms with Gasteiger partial charge in [-0.3, -0.25) is 9.78 Å². The number of carbonyl (C=O) groups is 1. The molecule has 0 aliphatic rings. The van der Waals surface area contributed by atoms with E-state index in [4.69, 9.17) is 0 Å². The maximum Gasteiger partial charge on any atom is 0.234 e. The molecular formula is C12H19N3O. The molecule has 1 rings (SSSR count). The number of pyridine rings is 1. The molecule has 1 amide bonds. The molecule has 4 nitrogen and oxygen atoms in total. The monoisotopic (exact) mass is 221 g/mol. The average molecular weight is 221 g/mol. The third kappa shape index (κ3) is 3.98. The van der Waals surface area contributed by atoms with Crippen molar-refractivity contribution in [1.29, 1.82) is 0 Å². The van der Waals surface area contributed by atoms with Crippen LogP contribution in [0.25, 0.3) is 0 Å². The van der Waals surface area contributed by atoms with Gasteiger partial charge in [-0.05, 0) is 32.5 Å². The van der Waals surface area contributed by atoms with Gasteiger partial charge in [-0.2, -0.15) is 0 Å². The number of amides is 1. The zero-order valence-corrected chi connectivity index (χ0v) is 10.1. The van der Waals surface area contributed by atoms with Gasteiger partial charge in [-0.1, -0.05) is 6.07 Å². The van der Waals surface area contributed by atoms with Crippen molar-refractivity contribution in [3.63, 3.8) is 0 Å². The van der Waals surface area contributed by atoms with Gasteiger partial charge in [0.15, 0.2) is 0 Å². The first kappa shape index (κ1) is 12.6. The van der Waals surface area contributed by atoms with Crippen LogP contribution in [0.5, 0.6) is 0 Å². The Bertz CT molecular complexity index is 352. The highest BCUT2D eigenvalue weighted by Crippen LogP contribution is 2.05. The Morgan fingerprint density at radius 3 is 2.94 bits per heavy atom. The van der Waals surface area contributed by atoms with Gasteiger partial charge < -0.3 is 10.6 Å². The van der Waals surface area contributed by atoms with Gasteiger partial charge >= 0.3 is 0 Å². The van der Waals surface area contributed by atoms with E-state index < -0.39 is 0 Å². The molecule has 0 bridgehead atoms. The van der Waals surface area contributed by atoms with E-state index in [0.29, 0.717) is 6.54 Å². The first-order valence-electron chi connectivity index (χ1n) is 5.48. The summed E-state index contributed by atoms with van der Waals surface area (Å²) in [6, 6.07) is 4.06.